The van der Waals surface area contributed by atoms with Gasteiger partial charge in [-0.2, -0.15) is 0 Å². The number of hydrogen-bond acceptors (Lipinski definition) is 2. The van der Waals surface area contributed by atoms with Crippen LogP contribution in [0.2, 0.25) is 16.1 Å². The Morgan fingerprint density at radius 1 is 1.03 bits per heavy atom. The molecule has 0 spiro atoms. The van der Waals surface area contributed by atoms with Gasteiger partial charge in [-0.3, -0.25) is 5.32 Å². The number of phenolic OH excluding ortho intramolecular Hbond substituents is 1. The third kappa shape index (κ3) is 4.45. The lowest BCUT2D eigenvalue weighted by Crippen LogP contribution is -2.55. The van der Waals surface area contributed by atoms with Gasteiger partial charge in [-0.25, -0.2) is 4.79 Å². The van der Waals surface area contributed by atoms with Crippen molar-refractivity contribution in [1.29, 1.82) is 0 Å². The van der Waals surface area contributed by atoms with Gasteiger partial charge in [0.05, 0.1) is 0 Å². The molecule has 168 valence electrons. The second-order valence-corrected chi connectivity index (χ2v) is 16.2. The van der Waals surface area contributed by atoms with Crippen LogP contribution in [0.5, 0.6) is 5.75 Å². The number of hydrogen-bond donors (Lipinski definition) is 3. The summed E-state index contributed by atoms with van der Waals surface area (Å²) in [5.41, 5.74) is 5.97. The number of carbonyl (C=O) groups is 1. The first-order chi connectivity index (χ1) is 14.1. The Labute approximate surface area is 188 Å². The molecule has 0 radical (unpaired) electrons. The maximum absolute atomic E-state index is 11.0. The predicted molar refractivity (Wildman–Crippen MR) is 134 cm³/mol. The molecule has 0 aliphatic rings. The number of phenols is 1. The van der Waals surface area contributed by atoms with E-state index in [2.05, 4.69) is 79.1 Å². The monoisotopic (exact) mass is 439 g/mol. The normalized spacial score (nSPS) is 12.7. The molecule has 3 N–H and O–H groups in total. The average molecular weight is 440 g/mol. The van der Waals surface area contributed by atoms with E-state index >= 15 is 0 Å². The van der Waals surface area contributed by atoms with Gasteiger partial charge in [0, 0.05) is 22.7 Å². The summed E-state index contributed by atoms with van der Waals surface area (Å²) in [5, 5.41) is 23.5. The van der Waals surface area contributed by atoms with E-state index in [1.54, 1.807) is 6.07 Å². The second-order valence-electron chi connectivity index (χ2n) is 10.6. The first kappa shape index (κ1) is 24.8. The van der Waals surface area contributed by atoms with Crippen LogP contribution in [0.15, 0.2) is 30.3 Å². The SMILES string of the molecule is CC(C)[Si](C#Cc1cccc2cc(NC(=O)O)cc(O)c12)(C(C)C)C(C)(C)C(C)(C)C. The Bertz CT molecular complexity index is 1030. The van der Waals surface area contributed by atoms with Crippen LogP contribution in [-0.2, 0) is 0 Å². The number of carboxylic acid groups (broad SMARTS) is 1. The summed E-state index contributed by atoms with van der Waals surface area (Å²) in [7, 11) is -2.17. The molecule has 0 aromatic heterocycles. The van der Waals surface area contributed by atoms with Crippen LogP contribution in [0.3, 0.4) is 0 Å². The van der Waals surface area contributed by atoms with Crippen molar-refractivity contribution in [3.05, 3.63) is 35.9 Å². The van der Waals surface area contributed by atoms with Crippen LogP contribution < -0.4 is 5.32 Å². The van der Waals surface area contributed by atoms with Gasteiger partial charge < -0.3 is 10.2 Å². The minimum absolute atomic E-state index is 0.0302. The molecular weight excluding hydrogens is 402 g/mol. The van der Waals surface area contributed by atoms with Gasteiger partial charge in [0.25, 0.3) is 0 Å². The molecule has 0 atom stereocenters. The first-order valence-corrected chi connectivity index (χ1v) is 13.1. The zero-order chi connectivity index (χ0) is 23.8. The summed E-state index contributed by atoms with van der Waals surface area (Å²) >= 11 is 0. The summed E-state index contributed by atoms with van der Waals surface area (Å²) < 4.78 is 0. The van der Waals surface area contributed by atoms with E-state index in [0.717, 1.165) is 10.9 Å². The standard InChI is InChI=1S/C26H37NO3Si/c1-17(2)31(18(3)4,26(8,9)25(5,6)7)14-13-19-11-10-12-20-15-21(27-24(29)30)16-22(28)23(19)20/h10-12,15-18,27-28H,1-9H3,(H,29,30). The Hall–Kier alpha value is -2.45. The molecule has 2 aromatic rings. The Kier molecular flexibility index (Phi) is 6.87. The highest BCUT2D eigenvalue weighted by Gasteiger charge is 2.56. The molecule has 31 heavy (non-hydrogen) atoms. The summed E-state index contributed by atoms with van der Waals surface area (Å²) in [6, 6.07) is 8.86. The summed E-state index contributed by atoms with van der Waals surface area (Å²) in [6.07, 6.45) is -1.16. The average Bonchev–Trinajstić information content (AvgIpc) is 2.59. The lowest BCUT2D eigenvalue weighted by molar-refractivity contribution is 0.210. The van der Waals surface area contributed by atoms with Crippen LogP contribution in [0.4, 0.5) is 10.5 Å². The van der Waals surface area contributed by atoms with E-state index in [9.17, 15) is 9.90 Å². The van der Waals surface area contributed by atoms with Crippen molar-refractivity contribution in [3.8, 4) is 17.2 Å². The zero-order valence-electron chi connectivity index (χ0n) is 20.3. The Balaban J connectivity index is 2.76. The van der Waals surface area contributed by atoms with Gasteiger partial charge >= 0.3 is 6.09 Å². The van der Waals surface area contributed by atoms with Crippen LogP contribution in [-0.4, -0.2) is 24.4 Å². The number of anilines is 1. The van der Waals surface area contributed by atoms with Gasteiger partial charge in [-0.1, -0.05) is 80.4 Å². The minimum atomic E-state index is -2.17. The van der Waals surface area contributed by atoms with Crippen molar-refractivity contribution in [2.24, 2.45) is 5.41 Å². The van der Waals surface area contributed by atoms with E-state index in [-0.39, 0.29) is 16.2 Å². The maximum Gasteiger partial charge on any atom is 0.409 e. The summed E-state index contributed by atoms with van der Waals surface area (Å²) in [5.74, 6) is 3.52. The molecule has 0 bridgehead atoms. The van der Waals surface area contributed by atoms with Crippen LogP contribution in [0.25, 0.3) is 10.8 Å². The van der Waals surface area contributed by atoms with Gasteiger partial charge in [-0.05, 0) is 39.1 Å². The predicted octanol–water partition coefficient (Wildman–Crippen LogP) is 7.62. The lowest BCUT2D eigenvalue weighted by Gasteiger charge is -2.54. The van der Waals surface area contributed by atoms with Crippen LogP contribution in [0, 0.1) is 16.9 Å². The summed E-state index contributed by atoms with van der Waals surface area (Å²) in [6.45, 7) is 20.9. The van der Waals surface area contributed by atoms with E-state index < -0.39 is 14.2 Å². The van der Waals surface area contributed by atoms with E-state index in [1.807, 2.05) is 18.2 Å². The fourth-order valence-corrected chi connectivity index (χ4v) is 11.7. The highest BCUT2D eigenvalue weighted by Crippen LogP contribution is 2.59. The number of nitrogens with one attached hydrogen (secondary N) is 1. The van der Waals surface area contributed by atoms with Gasteiger partial charge in [0.1, 0.15) is 13.8 Å². The Morgan fingerprint density at radius 3 is 2.10 bits per heavy atom. The molecule has 0 fully saturated rings. The third-order valence-corrected chi connectivity index (χ3v) is 14.3. The number of fused-ring (bicyclic) bond motifs is 1. The molecule has 4 nitrogen and oxygen atoms in total. The molecule has 0 saturated heterocycles. The minimum Gasteiger partial charge on any atom is -0.507 e. The molecule has 5 heteroatoms. The van der Waals surface area contributed by atoms with E-state index in [4.69, 9.17) is 5.11 Å². The molecule has 0 heterocycles. The molecule has 0 aliphatic carbocycles. The van der Waals surface area contributed by atoms with Crippen molar-refractivity contribution in [2.75, 3.05) is 5.32 Å². The van der Waals surface area contributed by atoms with Crippen LogP contribution >= 0.6 is 0 Å². The topological polar surface area (TPSA) is 69.6 Å². The molecule has 2 aromatic carbocycles. The van der Waals surface area contributed by atoms with Crippen molar-refractivity contribution >= 4 is 30.6 Å². The molecule has 2 rings (SSSR count). The number of benzene rings is 2. The zero-order valence-corrected chi connectivity index (χ0v) is 21.3. The highest BCUT2D eigenvalue weighted by molar-refractivity contribution is 6.92. The number of aromatic hydroxyl groups is 1. The van der Waals surface area contributed by atoms with Crippen molar-refractivity contribution in [3.63, 3.8) is 0 Å². The molecule has 0 aliphatic heterocycles. The third-order valence-electron chi connectivity index (χ3n) is 7.34. The first-order valence-electron chi connectivity index (χ1n) is 10.9. The van der Waals surface area contributed by atoms with Crippen molar-refractivity contribution < 1.29 is 15.0 Å². The van der Waals surface area contributed by atoms with E-state index in [0.29, 0.717) is 22.2 Å². The molecule has 0 unspecified atom stereocenters. The number of amides is 1. The van der Waals surface area contributed by atoms with Crippen LogP contribution in [0.1, 0.15) is 67.9 Å². The molecule has 1 amide bonds. The largest absolute Gasteiger partial charge is 0.507 e. The summed E-state index contributed by atoms with van der Waals surface area (Å²) in [4.78, 5) is 11.0. The van der Waals surface area contributed by atoms with Crippen molar-refractivity contribution in [1.82, 2.24) is 0 Å². The smallest absolute Gasteiger partial charge is 0.409 e. The molecular formula is C26H37NO3Si. The maximum atomic E-state index is 11.0. The molecule has 0 saturated carbocycles. The van der Waals surface area contributed by atoms with Gasteiger partial charge in [-0.15, -0.1) is 5.54 Å². The number of rotatable bonds is 4. The Morgan fingerprint density at radius 2 is 1.61 bits per heavy atom. The lowest BCUT2D eigenvalue weighted by atomic mass is 9.82. The highest BCUT2D eigenvalue weighted by atomic mass is 28.3. The second kappa shape index (κ2) is 8.59. The van der Waals surface area contributed by atoms with Crippen molar-refractivity contribution in [2.45, 2.75) is 78.4 Å². The van der Waals surface area contributed by atoms with Gasteiger partial charge in [0.15, 0.2) is 0 Å². The van der Waals surface area contributed by atoms with Gasteiger partial charge in [0.2, 0.25) is 0 Å². The quantitative estimate of drug-likeness (QED) is 0.339. The van der Waals surface area contributed by atoms with E-state index in [1.165, 1.54) is 6.07 Å². The fourth-order valence-electron chi connectivity index (χ4n) is 5.05. The fraction of sp³-hybridized carbons (Fsp3) is 0.500.